The largest absolute Gasteiger partial charge is 0.456 e. The van der Waals surface area contributed by atoms with Gasteiger partial charge in [-0.1, -0.05) is 84.9 Å². The lowest BCUT2D eigenvalue weighted by Gasteiger charge is -2.25. The number of fused-ring (bicyclic) bond motifs is 8. The first-order valence-electron chi connectivity index (χ1n) is 16.0. The number of hydrogen-bond acceptors (Lipinski definition) is 5. The van der Waals surface area contributed by atoms with E-state index in [1.807, 2.05) is 59.9 Å². The van der Waals surface area contributed by atoms with Crippen molar-refractivity contribution < 1.29 is 8.83 Å². The molecule has 4 nitrogen and oxygen atoms in total. The fraction of sp³-hybridized carbons (Fsp3) is 0. The summed E-state index contributed by atoms with van der Waals surface area (Å²) in [6, 6.07) is 55.0. The molecule has 0 fully saturated rings. The Morgan fingerprint density at radius 3 is 2.08 bits per heavy atom. The van der Waals surface area contributed by atoms with Crippen LogP contribution in [0.15, 0.2) is 167 Å². The SMILES string of the molecule is c1ccc(-c2nc3ccc4oc5cc(N(c6ccccc6)c6ccc(-c7cccc8c7sc7ccccc78)cc6)ccc5c4c3o2)cc1. The number of nitrogens with zero attached hydrogens (tertiary/aromatic N) is 2. The van der Waals surface area contributed by atoms with E-state index in [1.54, 1.807) is 0 Å². The van der Waals surface area contributed by atoms with Crippen LogP contribution in [0.2, 0.25) is 0 Å². The maximum absolute atomic E-state index is 6.47. The van der Waals surface area contributed by atoms with Gasteiger partial charge in [-0.05, 0) is 77.9 Å². The molecule has 3 aromatic heterocycles. The van der Waals surface area contributed by atoms with Crippen molar-refractivity contribution in [2.45, 2.75) is 0 Å². The minimum atomic E-state index is 0.603. The lowest BCUT2D eigenvalue weighted by molar-refractivity contribution is 0.622. The number of para-hydroxylation sites is 1. The number of benzene rings is 7. The molecule has 0 bridgehead atoms. The number of thiophene rings is 1. The standard InChI is InChI=1S/C43H26N2O2S/c1-3-10-28(11-4-1)43-44-36-24-25-37-40(41(36)47-43)35-23-22-31(26-38(35)46-37)45(29-12-5-2-6-13-29)30-20-18-27(19-21-30)32-15-9-16-34-33-14-7-8-17-39(33)48-42(32)34/h1-26H. The van der Waals surface area contributed by atoms with Gasteiger partial charge >= 0.3 is 0 Å². The highest BCUT2D eigenvalue weighted by Gasteiger charge is 2.19. The molecule has 10 rings (SSSR count). The molecule has 0 radical (unpaired) electrons. The van der Waals surface area contributed by atoms with Crippen molar-refractivity contribution >= 4 is 81.6 Å². The third kappa shape index (κ3) is 4.25. The Balaban J connectivity index is 1.08. The first kappa shape index (κ1) is 27.0. The highest BCUT2D eigenvalue weighted by Crippen LogP contribution is 2.43. The van der Waals surface area contributed by atoms with E-state index >= 15 is 0 Å². The van der Waals surface area contributed by atoms with E-state index in [2.05, 4.69) is 114 Å². The predicted octanol–water partition coefficient (Wildman–Crippen LogP) is 12.9. The smallest absolute Gasteiger partial charge is 0.227 e. The molecule has 0 aliphatic heterocycles. The second-order valence-corrected chi connectivity index (χ2v) is 13.0. The summed E-state index contributed by atoms with van der Waals surface area (Å²) in [6.07, 6.45) is 0. The summed E-state index contributed by atoms with van der Waals surface area (Å²) >= 11 is 1.86. The fourth-order valence-electron chi connectivity index (χ4n) is 6.87. The van der Waals surface area contributed by atoms with Crippen LogP contribution in [0.5, 0.6) is 0 Å². The molecule has 0 N–H and O–H groups in total. The van der Waals surface area contributed by atoms with Gasteiger partial charge in [0.15, 0.2) is 5.58 Å². The highest BCUT2D eigenvalue weighted by molar-refractivity contribution is 7.26. The van der Waals surface area contributed by atoms with Crippen LogP contribution < -0.4 is 4.90 Å². The minimum Gasteiger partial charge on any atom is -0.456 e. The highest BCUT2D eigenvalue weighted by atomic mass is 32.1. The van der Waals surface area contributed by atoms with Gasteiger partial charge in [0.05, 0.1) is 5.39 Å². The van der Waals surface area contributed by atoms with Gasteiger partial charge in [0.2, 0.25) is 5.89 Å². The van der Waals surface area contributed by atoms with Crippen molar-refractivity contribution in [2.75, 3.05) is 4.90 Å². The average molecular weight is 635 g/mol. The number of anilines is 3. The van der Waals surface area contributed by atoms with Crippen molar-refractivity contribution in [1.29, 1.82) is 0 Å². The quantitative estimate of drug-likeness (QED) is 0.189. The second-order valence-electron chi connectivity index (χ2n) is 12.0. The van der Waals surface area contributed by atoms with Gasteiger partial charge in [-0.2, -0.15) is 0 Å². The van der Waals surface area contributed by atoms with Crippen molar-refractivity contribution in [3.8, 4) is 22.6 Å². The summed E-state index contributed by atoms with van der Waals surface area (Å²) in [4.78, 5) is 7.06. The van der Waals surface area contributed by atoms with Crippen molar-refractivity contribution in [1.82, 2.24) is 4.98 Å². The van der Waals surface area contributed by atoms with Gasteiger partial charge in [-0.25, -0.2) is 4.98 Å². The second kappa shape index (κ2) is 10.7. The van der Waals surface area contributed by atoms with Crippen LogP contribution in [0.3, 0.4) is 0 Å². The molecule has 0 unspecified atom stereocenters. The number of aromatic nitrogens is 1. The Morgan fingerprint density at radius 2 is 1.23 bits per heavy atom. The molecular weight excluding hydrogens is 609 g/mol. The van der Waals surface area contributed by atoms with Crippen molar-refractivity contribution in [3.05, 3.63) is 158 Å². The van der Waals surface area contributed by atoms with Crippen LogP contribution >= 0.6 is 11.3 Å². The monoisotopic (exact) mass is 634 g/mol. The Kier molecular flexibility index (Phi) is 6.01. The zero-order chi connectivity index (χ0) is 31.6. The van der Waals surface area contributed by atoms with E-state index in [4.69, 9.17) is 13.8 Å². The third-order valence-corrected chi connectivity index (χ3v) is 10.3. The molecular formula is C43H26N2O2S. The zero-order valence-electron chi connectivity index (χ0n) is 25.6. The number of hydrogen-bond donors (Lipinski definition) is 0. The average Bonchev–Trinajstić information content (AvgIpc) is 3.86. The summed E-state index contributed by atoms with van der Waals surface area (Å²) in [5, 5.41) is 4.55. The van der Waals surface area contributed by atoms with Crippen LogP contribution in [0.25, 0.3) is 75.8 Å². The molecule has 0 spiro atoms. The molecule has 226 valence electrons. The first-order chi connectivity index (χ1) is 23.8. The van der Waals surface area contributed by atoms with Crippen LogP contribution in [0, 0.1) is 0 Å². The summed E-state index contributed by atoms with van der Waals surface area (Å²) < 4.78 is 15.5. The first-order valence-corrected chi connectivity index (χ1v) is 16.8. The maximum Gasteiger partial charge on any atom is 0.227 e. The number of rotatable bonds is 5. The van der Waals surface area contributed by atoms with Gasteiger partial charge < -0.3 is 13.7 Å². The van der Waals surface area contributed by atoms with Gasteiger partial charge in [0, 0.05) is 54.3 Å². The van der Waals surface area contributed by atoms with Crippen molar-refractivity contribution in [2.24, 2.45) is 0 Å². The molecule has 3 heterocycles. The third-order valence-electron chi connectivity index (χ3n) is 9.11. The summed E-state index contributed by atoms with van der Waals surface area (Å²) in [5.74, 6) is 0.603. The molecule has 0 saturated heterocycles. The summed E-state index contributed by atoms with van der Waals surface area (Å²) in [6.45, 7) is 0. The molecule has 0 atom stereocenters. The summed E-state index contributed by atoms with van der Waals surface area (Å²) in [7, 11) is 0. The van der Waals surface area contributed by atoms with E-state index in [9.17, 15) is 0 Å². The van der Waals surface area contributed by atoms with Gasteiger partial charge in [0.1, 0.15) is 16.7 Å². The molecule has 7 aromatic carbocycles. The predicted molar refractivity (Wildman–Crippen MR) is 200 cm³/mol. The van der Waals surface area contributed by atoms with Crippen molar-refractivity contribution in [3.63, 3.8) is 0 Å². The van der Waals surface area contributed by atoms with Crippen LogP contribution in [0.4, 0.5) is 17.1 Å². The minimum absolute atomic E-state index is 0.603. The van der Waals surface area contributed by atoms with Gasteiger partial charge in [0.25, 0.3) is 0 Å². The lowest BCUT2D eigenvalue weighted by Crippen LogP contribution is -2.09. The molecule has 0 amide bonds. The molecule has 0 aliphatic carbocycles. The Morgan fingerprint density at radius 1 is 0.500 bits per heavy atom. The molecule has 0 saturated carbocycles. The van der Waals surface area contributed by atoms with Gasteiger partial charge in [-0.3, -0.25) is 0 Å². The van der Waals surface area contributed by atoms with Crippen LogP contribution in [0.1, 0.15) is 0 Å². The lowest BCUT2D eigenvalue weighted by atomic mass is 10.0. The van der Waals surface area contributed by atoms with Gasteiger partial charge in [-0.15, -0.1) is 11.3 Å². The Labute approximate surface area is 279 Å². The Hall–Kier alpha value is -6.17. The van der Waals surface area contributed by atoms with E-state index in [0.29, 0.717) is 5.89 Å². The van der Waals surface area contributed by atoms with E-state index in [-0.39, 0.29) is 0 Å². The molecule has 10 aromatic rings. The van der Waals surface area contributed by atoms with E-state index in [1.165, 1.54) is 31.3 Å². The van der Waals surface area contributed by atoms with Crippen LogP contribution in [-0.4, -0.2) is 4.98 Å². The fourth-order valence-corrected chi connectivity index (χ4v) is 8.10. The summed E-state index contributed by atoms with van der Waals surface area (Å²) in [5.41, 5.74) is 9.65. The topological polar surface area (TPSA) is 42.4 Å². The molecule has 0 aliphatic rings. The zero-order valence-corrected chi connectivity index (χ0v) is 26.4. The normalized spacial score (nSPS) is 11.8. The Bertz CT molecular complexity index is 2780. The van der Waals surface area contributed by atoms with E-state index < -0.39 is 0 Å². The number of furan rings is 1. The van der Waals surface area contributed by atoms with E-state index in [0.717, 1.165) is 55.7 Å². The van der Waals surface area contributed by atoms with Crippen LogP contribution in [-0.2, 0) is 0 Å². The maximum atomic E-state index is 6.47. The molecule has 48 heavy (non-hydrogen) atoms. The number of oxazole rings is 1. The molecule has 5 heteroatoms.